The maximum atomic E-state index is 2.51. The number of hydrogen-bond acceptors (Lipinski definition) is 0. The first kappa shape index (κ1) is 16.1. The molecule has 0 radical (unpaired) electrons. The van der Waals surface area contributed by atoms with Crippen molar-refractivity contribution in [2.45, 2.75) is 104 Å². The van der Waals surface area contributed by atoms with Crippen LogP contribution in [0.25, 0.3) is 0 Å². The molecule has 0 bridgehead atoms. The maximum absolute atomic E-state index is 2.51. The normalized spacial score (nSPS) is 19.0. The standard InChI is InChI=1S/C18H36/c1-3-4-5-6-7-8-9-11-14-17(2)18-15-12-10-13-16-18/h17-18H,3-16H2,1-2H3. The maximum Gasteiger partial charge on any atom is -0.0388 e. The minimum Gasteiger partial charge on any atom is -0.0654 e. The van der Waals surface area contributed by atoms with E-state index in [1.807, 2.05) is 0 Å². The molecule has 1 atom stereocenters. The van der Waals surface area contributed by atoms with E-state index in [1.54, 1.807) is 0 Å². The smallest absolute Gasteiger partial charge is 0.0388 e. The first-order chi connectivity index (χ1) is 8.84. The summed E-state index contributed by atoms with van der Waals surface area (Å²) in [4.78, 5) is 0. The van der Waals surface area contributed by atoms with Crippen LogP contribution < -0.4 is 0 Å². The minimum atomic E-state index is 1.00. The van der Waals surface area contributed by atoms with Gasteiger partial charge in [0.15, 0.2) is 0 Å². The summed E-state index contributed by atoms with van der Waals surface area (Å²) < 4.78 is 0. The summed E-state index contributed by atoms with van der Waals surface area (Å²) in [6.07, 6.45) is 20.8. The summed E-state index contributed by atoms with van der Waals surface area (Å²) in [5, 5.41) is 0. The Bertz CT molecular complexity index is 167. The van der Waals surface area contributed by atoms with Crippen molar-refractivity contribution < 1.29 is 0 Å². The molecule has 0 nitrogen and oxygen atoms in total. The second-order valence-electron chi connectivity index (χ2n) is 6.64. The summed E-state index contributed by atoms with van der Waals surface area (Å²) in [7, 11) is 0. The van der Waals surface area contributed by atoms with Crippen molar-refractivity contribution in [3.8, 4) is 0 Å². The van der Waals surface area contributed by atoms with Gasteiger partial charge in [0.05, 0.1) is 0 Å². The Labute approximate surface area is 116 Å². The van der Waals surface area contributed by atoms with Gasteiger partial charge in [-0.3, -0.25) is 0 Å². The van der Waals surface area contributed by atoms with Crippen LogP contribution in [-0.2, 0) is 0 Å². The third kappa shape index (κ3) is 7.44. The molecule has 1 rings (SSSR count). The fraction of sp³-hybridized carbons (Fsp3) is 1.00. The van der Waals surface area contributed by atoms with Crippen molar-refractivity contribution in [3.63, 3.8) is 0 Å². The zero-order valence-electron chi connectivity index (χ0n) is 13.1. The van der Waals surface area contributed by atoms with Crippen LogP contribution in [0.5, 0.6) is 0 Å². The van der Waals surface area contributed by atoms with E-state index >= 15 is 0 Å². The zero-order chi connectivity index (χ0) is 13.1. The molecule has 18 heavy (non-hydrogen) atoms. The van der Waals surface area contributed by atoms with Crippen molar-refractivity contribution in [2.75, 3.05) is 0 Å². The Morgan fingerprint density at radius 3 is 1.94 bits per heavy atom. The summed E-state index contributed by atoms with van der Waals surface area (Å²) in [6.45, 7) is 4.81. The predicted octanol–water partition coefficient (Wildman–Crippen LogP) is 6.73. The number of rotatable bonds is 10. The molecule has 1 fully saturated rings. The fourth-order valence-electron chi connectivity index (χ4n) is 3.54. The van der Waals surface area contributed by atoms with Crippen molar-refractivity contribution in [2.24, 2.45) is 11.8 Å². The molecule has 1 aliphatic carbocycles. The van der Waals surface area contributed by atoms with Gasteiger partial charge in [-0.15, -0.1) is 0 Å². The Balaban J connectivity index is 1.87. The van der Waals surface area contributed by atoms with E-state index in [9.17, 15) is 0 Å². The lowest BCUT2D eigenvalue weighted by Crippen LogP contribution is -2.15. The second-order valence-corrected chi connectivity index (χ2v) is 6.64. The van der Waals surface area contributed by atoms with Gasteiger partial charge in [-0.2, -0.15) is 0 Å². The van der Waals surface area contributed by atoms with E-state index in [4.69, 9.17) is 0 Å². The highest BCUT2D eigenvalue weighted by Gasteiger charge is 2.19. The van der Waals surface area contributed by atoms with Gasteiger partial charge < -0.3 is 0 Å². The van der Waals surface area contributed by atoms with Gasteiger partial charge in [0.2, 0.25) is 0 Å². The highest BCUT2D eigenvalue weighted by atomic mass is 14.2. The molecule has 0 aromatic carbocycles. The highest BCUT2D eigenvalue weighted by Crippen LogP contribution is 2.32. The van der Waals surface area contributed by atoms with Gasteiger partial charge >= 0.3 is 0 Å². The monoisotopic (exact) mass is 252 g/mol. The van der Waals surface area contributed by atoms with Crippen LogP contribution in [0.1, 0.15) is 104 Å². The topological polar surface area (TPSA) is 0 Å². The van der Waals surface area contributed by atoms with Crippen molar-refractivity contribution in [3.05, 3.63) is 0 Å². The molecule has 0 heterocycles. The van der Waals surface area contributed by atoms with Crippen LogP contribution in [0, 0.1) is 11.8 Å². The molecular formula is C18H36. The Morgan fingerprint density at radius 1 is 0.778 bits per heavy atom. The van der Waals surface area contributed by atoms with Crippen LogP contribution in [-0.4, -0.2) is 0 Å². The average Bonchev–Trinajstić information content (AvgIpc) is 2.42. The summed E-state index contributed by atoms with van der Waals surface area (Å²) in [6, 6.07) is 0. The van der Waals surface area contributed by atoms with Crippen molar-refractivity contribution in [1.29, 1.82) is 0 Å². The third-order valence-corrected chi connectivity index (χ3v) is 4.97. The summed E-state index contributed by atoms with van der Waals surface area (Å²) in [5.41, 5.74) is 0. The van der Waals surface area contributed by atoms with Crippen LogP contribution in [0.3, 0.4) is 0 Å². The summed E-state index contributed by atoms with van der Waals surface area (Å²) in [5.74, 6) is 2.08. The highest BCUT2D eigenvalue weighted by molar-refractivity contribution is 4.71. The van der Waals surface area contributed by atoms with Crippen molar-refractivity contribution in [1.82, 2.24) is 0 Å². The quantitative estimate of drug-likeness (QED) is 0.378. The second kappa shape index (κ2) is 10.9. The molecule has 1 aliphatic rings. The van der Waals surface area contributed by atoms with Gasteiger partial charge in [-0.05, 0) is 11.8 Å². The van der Waals surface area contributed by atoms with Crippen LogP contribution in [0.15, 0.2) is 0 Å². The van der Waals surface area contributed by atoms with Crippen LogP contribution in [0.2, 0.25) is 0 Å². The first-order valence-corrected chi connectivity index (χ1v) is 8.84. The van der Waals surface area contributed by atoms with Gasteiger partial charge in [0.25, 0.3) is 0 Å². The molecule has 0 aliphatic heterocycles. The van der Waals surface area contributed by atoms with Crippen LogP contribution >= 0.6 is 0 Å². The van der Waals surface area contributed by atoms with E-state index in [-0.39, 0.29) is 0 Å². The van der Waals surface area contributed by atoms with E-state index < -0.39 is 0 Å². The van der Waals surface area contributed by atoms with E-state index in [0.717, 1.165) is 11.8 Å². The SMILES string of the molecule is CCCCCCCCCCC(C)C1CCCCC1. The fourth-order valence-corrected chi connectivity index (χ4v) is 3.54. The lowest BCUT2D eigenvalue weighted by Gasteiger charge is -2.27. The zero-order valence-corrected chi connectivity index (χ0v) is 13.1. The molecule has 1 saturated carbocycles. The Morgan fingerprint density at radius 2 is 1.33 bits per heavy atom. The molecule has 0 N–H and O–H groups in total. The summed E-state index contributed by atoms with van der Waals surface area (Å²) >= 11 is 0. The molecule has 108 valence electrons. The van der Waals surface area contributed by atoms with Gasteiger partial charge in [-0.1, -0.05) is 104 Å². The molecule has 0 saturated heterocycles. The van der Waals surface area contributed by atoms with E-state index in [2.05, 4.69) is 13.8 Å². The minimum absolute atomic E-state index is 1.00. The number of hydrogen-bond donors (Lipinski definition) is 0. The Kier molecular flexibility index (Phi) is 9.70. The lowest BCUT2D eigenvalue weighted by molar-refractivity contribution is 0.247. The molecule has 1 unspecified atom stereocenters. The predicted molar refractivity (Wildman–Crippen MR) is 83.0 cm³/mol. The van der Waals surface area contributed by atoms with Gasteiger partial charge in [0.1, 0.15) is 0 Å². The van der Waals surface area contributed by atoms with E-state index in [1.165, 1.54) is 89.9 Å². The van der Waals surface area contributed by atoms with Gasteiger partial charge in [-0.25, -0.2) is 0 Å². The molecular weight excluding hydrogens is 216 g/mol. The van der Waals surface area contributed by atoms with Crippen molar-refractivity contribution >= 4 is 0 Å². The molecule has 0 aromatic heterocycles. The first-order valence-electron chi connectivity index (χ1n) is 8.84. The molecule has 0 heteroatoms. The third-order valence-electron chi connectivity index (χ3n) is 4.97. The molecule has 0 amide bonds. The average molecular weight is 252 g/mol. The van der Waals surface area contributed by atoms with E-state index in [0.29, 0.717) is 0 Å². The largest absolute Gasteiger partial charge is 0.0654 e. The Hall–Kier alpha value is 0. The lowest BCUT2D eigenvalue weighted by atomic mass is 9.79. The van der Waals surface area contributed by atoms with Gasteiger partial charge in [0, 0.05) is 0 Å². The number of unbranched alkanes of at least 4 members (excludes halogenated alkanes) is 7. The van der Waals surface area contributed by atoms with Crippen LogP contribution in [0.4, 0.5) is 0 Å². The molecule has 0 spiro atoms. The molecule has 0 aromatic rings.